The van der Waals surface area contributed by atoms with E-state index in [2.05, 4.69) is 54.5 Å². The summed E-state index contributed by atoms with van der Waals surface area (Å²) in [6.45, 7) is 20.0. The lowest BCUT2D eigenvalue weighted by molar-refractivity contribution is -0.257. The third-order valence-electron chi connectivity index (χ3n) is 23.4. The van der Waals surface area contributed by atoms with Crippen LogP contribution in [0.2, 0.25) is 0 Å². The van der Waals surface area contributed by atoms with Crippen molar-refractivity contribution in [3.05, 3.63) is 34.4 Å². The van der Waals surface area contributed by atoms with E-state index >= 15 is 0 Å². The van der Waals surface area contributed by atoms with E-state index < -0.39 is 34.3 Å². The molecule has 3 N–H and O–H groups in total. The molecular formula is C54H76N2O8. The van der Waals surface area contributed by atoms with Gasteiger partial charge in [-0.15, -0.1) is 0 Å². The Bertz CT molecular complexity index is 2260. The number of rotatable bonds is 1. The minimum Gasteiger partial charge on any atom is -0.393 e. The molecule has 13 rings (SSSR count). The van der Waals surface area contributed by atoms with Crippen LogP contribution in [0.5, 0.6) is 0 Å². The van der Waals surface area contributed by atoms with Gasteiger partial charge in [-0.1, -0.05) is 46.3 Å². The summed E-state index contributed by atoms with van der Waals surface area (Å²) in [5, 5.41) is 35.5. The lowest BCUT2D eigenvalue weighted by atomic mass is 9.45. The Morgan fingerprint density at radius 3 is 1.97 bits per heavy atom. The predicted molar refractivity (Wildman–Crippen MR) is 237 cm³/mol. The van der Waals surface area contributed by atoms with Crippen molar-refractivity contribution in [2.24, 2.45) is 80.8 Å². The summed E-state index contributed by atoms with van der Waals surface area (Å²) >= 11 is 0. The molecule has 5 heterocycles. The Hall–Kier alpha value is -1.79. The van der Waals surface area contributed by atoms with E-state index in [1.807, 2.05) is 13.8 Å². The standard InChI is InChI=1S/C54H76N2O8/c1-27-44-40(61-54(27)17-15-47(5,26-57)64-54)20-34-31-12-10-29-18-36-38(23-48(29,6)33(31)21-42(58)50(34,44)8)55-37-19-30-11-13-32-35(49(30,7)24-39(37)56-36)22-43(59)52(32)25-41-45(51(52,9)60)28(2)53(62-41)16-14-46(3,4)63-53/h20,27-33,35,40-42,44-45,57-58,60H,10-19,21-26H2,1-9H3/t27-,28-,29-,30-,31+,32+,33-,35-,40?,41-,42+,44-,45-,47-,48-,49-,50+,51-,52-,53+,54+/m0/s1. The van der Waals surface area contributed by atoms with Crippen molar-refractivity contribution in [1.82, 2.24) is 9.97 Å². The van der Waals surface area contributed by atoms with E-state index in [1.165, 1.54) is 22.7 Å². The van der Waals surface area contributed by atoms with Crippen molar-refractivity contribution in [2.75, 3.05) is 6.61 Å². The second-order valence-electron chi connectivity index (χ2n) is 26.4. The molecule has 0 bridgehead atoms. The van der Waals surface area contributed by atoms with Gasteiger partial charge in [0.2, 0.25) is 0 Å². The first-order chi connectivity index (χ1) is 30.1. The maximum absolute atomic E-state index is 14.8. The Labute approximate surface area is 380 Å². The summed E-state index contributed by atoms with van der Waals surface area (Å²) in [5.74, 6) is 1.08. The number of Topliss-reactive ketones (excluding diaryl/α,β-unsaturated/α-hetero) is 1. The van der Waals surface area contributed by atoms with Crippen molar-refractivity contribution in [1.29, 1.82) is 0 Å². The van der Waals surface area contributed by atoms with E-state index in [4.69, 9.17) is 28.9 Å². The Morgan fingerprint density at radius 2 is 1.34 bits per heavy atom. The highest BCUT2D eigenvalue weighted by molar-refractivity contribution is 5.90. The van der Waals surface area contributed by atoms with E-state index in [0.29, 0.717) is 36.5 Å². The van der Waals surface area contributed by atoms with Crippen molar-refractivity contribution >= 4 is 5.78 Å². The molecule has 8 aliphatic carbocycles. The Balaban J connectivity index is 0.761. The summed E-state index contributed by atoms with van der Waals surface area (Å²) < 4.78 is 27.1. The zero-order chi connectivity index (χ0) is 44.7. The fraction of sp³-hybridized carbons (Fsp3) is 0.870. The first-order valence-corrected chi connectivity index (χ1v) is 26.0. The van der Waals surface area contributed by atoms with Crippen LogP contribution in [0, 0.1) is 80.8 Å². The summed E-state index contributed by atoms with van der Waals surface area (Å²) in [7, 11) is 0. The molecule has 10 nitrogen and oxygen atoms in total. The number of ketones is 1. The number of hydrogen-bond acceptors (Lipinski definition) is 10. The van der Waals surface area contributed by atoms with Crippen molar-refractivity contribution in [2.45, 2.75) is 205 Å². The second kappa shape index (κ2) is 12.7. The number of aliphatic hydroxyl groups is 3. The number of nitrogens with zero attached hydrogens (tertiary/aromatic N) is 2. The predicted octanol–water partition coefficient (Wildman–Crippen LogP) is 7.64. The number of aromatic nitrogens is 2. The number of ether oxygens (including phenoxy) is 4. The van der Waals surface area contributed by atoms with E-state index in [0.717, 1.165) is 89.2 Å². The zero-order valence-corrected chi connectivity index (χ0v) is 40.2. The lowest BCUT2D eigenvalue weighted by Gasteiger charge is -2.60. The third-order valence-corrected chi connectivity index (χ3v) is 23.4. The van der Waals surface area contributed by atoms with E-state index in [1.54, 1.807) is 0 Å². The summed E-state index contributed by atoms with van der Waals surface area (Å²) in [4.78, 5) is 26.0. The Kier molecular flexibility index (Phi) is 8.40. The molecule has 350 valence electrons. The number of carbonyl (C=O) groups excluding carboxylic acids is 1. The van der Waals surface area contributed by atoms with Gasteiger partial charge in [0, 0.05) is 48.3 Å². The van der Waals surface area contributed by atoms with Crippen molar-refractivity contribution < 1.29 is 39.1 Å². The Morgan fingerprint density at radius 1 is 0.719 bits per heavy atom. The number of hydrogen-bond donors (Lipinski definition) is 3. The van der Waals surface area contributed by atoms with E-state index in [9.17, 15) is 20.1 Å². The molecule has 0 radical (unpaired) electrons. The number of fused-ring (bicyclic) bond motifs is 14. The maximum Gasteiger partial charge on any atom is 0.172 e. The van der Waals surface area contributed by atoms with Crippen LogP contribution in [-0.4, -0.2) is 84.4 Å². The molecular weight excluding hydrogens is 805 g/mol. The van der Waals surface area contributed by atoms with Gasteiger partial charge in [-0.3, -0.25) is 14.8 Å². The SMILES string of the molecule is C[C@H]1[C@H]2[C@H](C[C@]3(C(=O)C[C@H]4[C@H]3CC[C@H]3Cc5nc6c(nc5C[C@@]34C)C[C@@H]3CC[C@H]4C5=CC7O[C@@]8(CC[C@@](C)(CO)O8)[C@@H](C)[C@@H]7[C@@]5(C)[C@H](O)C[C@@H]4[C@@]3(C)C6)[C@@]2(C)O)O[C@@]12CCC(C)(C)O2. The molecule has 1 unspecified atom stereocenters. The maximum atomic E-state index is 14.8. The van der Waals surface area contributed by atoms with E-state index in [-0.39, 0.29) is 82.0 Å². The van der Waals surface area contributed by atoms with Crippen LogP contribution in [-0.2, 0) is 49.4 Å². The van der Waals surface area contributed by atoms with Gasteiger partial charge in [0.15, 0.2) is 11.6 Å². The van der Waals surface area contributed by atoms with Gasteiger partial charge in [0.25, 0.3) is 0 Å². The van der Waals surface area contributed by atoms with Crippen molar-refractivity contribution in [3.63, 3.8) is 0 Å². The fourth-order valence-electron chi connectivity index (χ4n) is 20.0. The van der Waals surface area contributed by atoms with Crippen LogP contribution in [0.1, 0.15) is 156 Å². The van der Waals surface area contributed by atoms with Crippen LogP contribution >= 0.6 is 0 Å². The average Bonchev–Trinajstić information content (AvgIpc) is 4.06. The lowest BCUT2D eigenvalue weighted by Crippen LogP contribution is -2.58. The molecule has 10 heteroatoms. The molecule has 0 amide bonds. The average molecular weight is 881 g/mol. The summed E-state index contributed by atoms with van der Waals surface area (Å²) in [5.41, 5.74) is 2.94. The molecule has 4 aliphatic heterocycles. The van der Waals surface area contributed by atoms with Gasteiger partial charge >= 0.3 is 0 Å². The molecule has 3 spiro atoms. The van der Waals surface area contributed by atoms with Crippen LogP contribution in [0.25, 0.3) is 0 Å². The third kappa shape index (κ3) is 4.92. The van der Waals surface area contributed by atoms with Gasteiger partial charge in [-0.05, 0) is 151 Å². The van der Waals surface area contributed by atoms with Crippen LogP contribution in [0.15, 0.2) is 11.6 Å². The van der Waals surface area contributed by atoms with Crippen LogP contribution < -0.4 is 0 Å². The molecule has 4 saturated heterocycles. The smallest absolute Gasteiger partial charge is 0.172 e. The van der Waals surface area contributed by atoms with Gasteiger partial charge < -0.3 is 34.3 Å². The molecule has 12 aliphatic rings. The van der Waals surface area contributed by atoms with Crippen LogP contribution in [0.3, 0.4) is 0 Å². The number of carbonyl (C=O) groups is 1. The molecule has 9 fully saturated rings. The second-order valence-corrected chi connectivity index (χ2v) is 26.4. The highest BCUT2D eigenvalue weighted by atomic mass is 16.7. The summed E-state index contributed by atoms with van der Waals surface area (Å²) in [6, 6.07) is 0. The quantitative estimate of drug-likeness (QED) is 0.241. The van der Waals surface area contributed by atoms with Crippen LogP contribution in [0.4, 0.5) is 0 Å². The molecule has 21 atom stereocenters. The van der Waals surface area contributed by atoms with Gasteiger partial charge in [-0.25, -0.2) is 0 Å². The van der Waals surface area contributed by atoms with Gasteiger partial charge in [-0.2, -0.15) is 0 Å². The molecule has 1 aromatic heterocycles. The fourth-order valence-corrected chi connectivity index (χ4v) is 20.0. The molecule has 0 aromatic carbocycles. The minimum absolute atomic E-state index is 0.0113. The normalized spacial score (nSPS) is 58.1. The molecule has 5 saturated carbocycles. The minimum atomic E-state index is -1.16. The molecule has 64 heavy (non-hydrogen) atoms. The summed E-state index contributed by atoms with van der Waals surface area (Å²) in [6.07, 6.45) is 14.9. The zero-order valence-electron chi connectivity index (χ0n) is 40.2. The highest BCUT2D eigenvalue weighted by Gasteiger charge is 2.79. The first-order valence-electron chi connectivity index (χ1n) is 26.0. The molecule has 1 aromatic rings. The van der Waals surface area contributed by atoms with Gasteiger partial charge in [0.1, 0.15) is 5.78 Å². The largest absolute Gasteiger partial charge is 0.393 e. The highest BCUT2D eigenvalue weighted by Crippen LogP contribution is 2.74. The monoisotopic (exact) mass is 881 g/mol. The number of aliphatic hydroxyl groups excluding tert-OH is 2. The van der Waals surface area contributed by atoms with Gasteiger partial charge in [0.05, 0.1) is 69.9 Å². The van der Waals surface area contributed by atoms with Crippen molar-refractivity contribution in [3.8, 4) is 0 Å². The first kappa shape index (κ1) is 42.3. The topological polar surface area (TPSA) is 140 Å².